The van der Waals surface area contributed by atoms with Crippen LogP contribution in [-0.4, -0.2) is 35.0 Å². The molecule has 0 saturated carbocycles. The van der Waals surface area contributed by atoms with Crippen LogP contribution < -0.4 is 5.32 Å². The summed E-state index contributed by atoms with van der Waals surface area (Å²) >= 11 is 2.08. The van der Waals surface area contributed by atoms with E-state index in [4.69, 9.17) is 4.42 Å². The first-order valence-electron chi connectivity index (χ1n) is 7.34. The molecule has 0 aliphatic carbocycles. The molecule has 1 aliphatic rings. The summed E-state index contributed by atoms with van der Waals surface area (Å²) in [4.78, 5) is 2.53. The van der Waals surface area contributed by atoms with Crippen molar-refractivity contribution in [2.45, 2.75) is 51.6 Å². The lowest BCUT2D eigenvalue weighted by Gasteiger charge is -2.36. The molecule has 1 N–H and O–H groups in total. The molecule has 1 aromatic rings. The summed E-state index contributed by atoms with van der Waals surface area (Å²) in [7, 11) is 0. The van der Waals surface area contributed by atoms with Crippen molar-refractivity contribution in [3.8, 4) is 0 Å². The van der Waals surface area contributed by atoms with Gasteiger partial charge in [-0.05, 0) is 32.0 Å². The molecular weight excluding hydrogens is 256 g/mol. The van der Waals surface area contributed by atoms with Crippen molar-refractivity contribution in [2.24, 2.45) is 0 Å². The molecule has 0 radical (unpaired) electrons. The van der Waals surface area contributed by atoms with Crippen LogP contribution in [0.2, 0.25) is 0 Å². The third kappa shape index (κ3) is 4.26. The number of hydrogen-bond donors (Lipinski definition) is 1. The second-order valence-electron chi connectivity index (χ2n) is 5.33. The zero-order valence-electron chi connectivity index (χ0n) is 12.3. The number of hydrogen-bond acceptors (Lipinski definition) is 4. The molecule has 1 aliphatic heterocycles. The lowest BCUT2D eigenvalue weighted by molar-refractivity contribution is 0.187. The quantitative estimate of drug-likeness (QED) is 0.812. The molecule has 0 bridgehead atoms. The fourth-order valence-electron chi connectivity index (χ4n) is 2.41. The Labute approximate surface area is 121 Å². The molecule has 2 unspecified atom stereocenters. The molecule has 2 atom stereocenters. The van der Waals surface area contributed by atoms with Crippen LogP contribution in [0.3, 0.4) is 0 Å². The number of thioether (sulfide) groups is 1. The van der Waals surface area contributed by atoms with Crippen LogP contribution in [-0.2, 0) is 13.1 Å². The summed E-state index contributed by atoms with van der Waals surface area (Å²) in [5.74, 6) is 3.38. The summed E-state index contributed by atoms with van der Waals surface area (Å²) in [6, 6.07) is 4.86. The van der Waals surface area contributed by atoms with E-state index in [9.17, 15) is 0 Å². The van der Waals surface area contributed by atoms with E-state index in [0.29, 0.717) is 6.04 Å². The Morgan fingerprint density at radius 1 is 1.37 bits per heavy atom. The highest BCUT2D eigenvalue weighted by Gasteiger charge is 2.25. The molecule has 1 aromatic heterocycles. The maximum absolute atomic E-state index is 5.91. The molecule has 19 heavy (non-hydrogen) atoms. The number of rotatable bonds is 6. The number of nitrogens with zero attached hydrogens (tertiary/aromatic N) is 1. The molecule has 4 heteroatoms. The van der Waals surface area contributed by atoms with Gasteiger partial charge in [0.2, 0.25) is 0 Å². The van der Waals surface area contributed by atoms with E-state index in [-0.39, 0.29) is 0 Å². The van der Waals surface area contributed by atoms with Crippen LogP contribution in [0.15, 0.2) is 16.5 Å². The van der Waals surface area contributed by atoms with Gasteiger partial charge in [0.15, 0.2) is 0 Å². The smallest absolute Gasteiger partial charge is 0.118 e. The summed E-state index contributed by atoms with van der Waals surface area (Å²) in [5, 5.41) is 4.09. The Hall–Kier alpha value is -0.450. The summed E-state index contributed by atoms with van der Waals surface area (Å²) in [6.07, 6.45) is 1.16. The second kappa shape index (κ2) is 7.36. The van der Waals surface area contributed by atoms with E-state index in [1.807, 2.05) is 0 Å². The Balaban J connectivity index is 1.85. The Bertz CT molecular complexity index is 380. The van der Waals surface area contributed by atoms with Crippen LogP contribution in [0.25, 0.3) is 0 Å². The zero-order valence-corrected chi connectivity index (χ0v) is 13.1. The minimum absolute atomic E-state index is 0.630. The summed E-state index contributed by atoms with van der Waals surface area (Å²) in [6.45, 7) is 10.8. The van der Waals surface area contributed by atoms with Gasteiger partial charge in [-0.1, -0.05) is 13.8 Å². The van der Waals surface area contributed by atoms with Gasteiger partial charge in [0, 0.05) is 23.6 Å². The predicted octanol–water partition coefficient (Wildman–Crippen LogP) is 3.11. The molecule has 2 heterocycles. The standard InChI is InChI=1S/C15H26N2OS/c1-4-7-16-10-14-5-6-15(18-14)11-17-8-9-19-13(3)12(17)2/h5-6,12-13,16H,4,7-11H2,1-3H3. The van der Waals surface area contributed by atoms with Crippen molar-refractivity contribution in [3.05, 3.63) is 23.7 Å². The fraction of sp³-hybridized carbons (Fsp3) is 0.733. The number of nitrogens with one attached hydrogen (secondary N) is 1. The van der Waals surface area contributed by atoms with Gasteiger partial charge in [0.1, 0.15) is 11.5 Å². The first kappa shape index (κ1) is 14.9. The Morgan fingerprint density at radius 3 is 2.95 bits per heavy atom. The summed E-state index contributed by atoms with van der Waals surface area (Å²) in [5.41, 5.74) is 0. The molecule has 3 nitrogen and oxygen atoms in total. The maximum atomic E-state index is 5.91. The van der Waals surface area contributed by atoms with Gasteiger partial charge in [0.25, 0.3) is 0 Å². The van der Waals surface area contributed by atoms with Crippen LogP contribution in [0.5, 0.6) is 0 Å². The third-order valence-corrected chi connectivity index (χ3v) is 5.15. The van der Waals surface area contributed by atoms with Crippen LogP contribution >= 0.6 is 11.8 Å². The van der Waals surface area contributed by atoms with Crippen molar-refractivity contribution < 1.29 is 4.42 Å². The minimum atomic E-state index is 0.630. The second-order valence-corrected chi connectivity index (χ2v) is 6.82. The van der Waals surface area contributed by atoms with Crippen LogP contribution in [0.4, 0.5) is 0 Å². The van der Waals surface area contributed by atoms with E-state index in [2.05, 4.69) is 54.9 Å². The average Bonchev–Trinajstić information content (AvgIpc) is 2.83. The van der Waals surface area contributed by atoms with Crippen molar-refractivity contribution in [1.82, 2.24) is 10.2 Å². The van der Waals surface area contributed by atoms with Crippen molar-refractivity contribution in [2.75, 3.05) is 18.8 Å². The monoisotopic (exact) mass is 282 g/mol. The normalized spacial score (nSPS) is 24.8. The van der Waals surface area contributed by atoms with Gasteiger partial charge in [-0.15, -0.1) is 0 Å². The summed E-state index contributed by atoms with van der Waals surface area (Å²) < 4.78 is 5.91. The lowest BCUT2D eigenvalue weighted by atomic mass is 10.2. The highest BCUT2D eigenvalue weighted by Crippen LogP contribution is 2.25. The first-order valence-corrected chi connectivity index (χ1v) is 8.39. The van der Waals surface area contributed by atoms with Gasteiger partial charge in [0.05, 0.1) is 13.1 Å². The largest absolute Gasteiger partial charge is 0.463 e. The average molecular weight is 282 g/mol. The molecule has 108 valence electrons. The fourth-order valence-corrected chi connectivity index (χ4v) is 3.57. The van der Waals surface area contributed by atoms with E-state index in [1.165, 1.54) is 12.3 Å². The van der Waals surface area contributed by atoms with Crippen LogP contribution in [0, 0.1) is 0 Å². The third-order valence-electron chi connectivity index (χ3n) is 3.82. The van der Waals surface area contributed by atoms with E-state index < -0.39 is 0 Å². The predicted molar refractivity (Wildman–Crippen MR) is 82.5 cm³/mol. The van der Waals surface area contributed by atoms with E-state index in [1.54, 1.807) is 0 Å². The Kier molecular flexibility index (Phi) is 5.79. The van der Waals surface area contributed by atoms with Gasteiger partial charge in [-0.3, -0.25) is 4.90 Å². The topological polar surface area (TPSA) is 28.4 Å². The van der Waals surface area contributed by atoms with Gasteiger partial charge in [-0.25, -0.2) is 0 Å². The lowest BCUT2D eigenvalue weighted by Crippen LogP contribution is -2.43. The van der Waals surface area contributed by atoms with Crippen LogP contribution in [0.1, 0.15) is 38.7 Å². The molecule has 0 amide bonds. The molecule has 0 aromatic carbocycles. The van der Waals surface area contributed by atoms with E-state index in [0.717, 1.165) is 42.8 Å². The minimum Gasteiger partial charge on any atom is -0.463 e. The van der Waals surface area contributed by atoms with E-state index >= 15 is 0 Å². The van der Waals surface area contributed by atoms with Crippen molar-refractivity contribution in [1.29, 1.82) is 0 Å². The Morgan fingerprint density at radius 2 is 2.16 bits per heavy atom. The van der Waals surface area contributed by atoms with Gasteiger partial charge in [-0.2, -0.15) is 11.8 Å². The van der Waals surface area contributed by atoms with Crippen molar-refractivity contribution in [3.63, 3.8) is 0 Å². The molecule has 2 rings (SSSR count). The van der Waals surface area contributed by atoms with Gasteiger partial charge < -0.3 is 9.73 Å². The zero-order chi connectivity index (χ0) is 13.7. The first-order chi connectivity index (χ1) is 9.20. The molecular formula is C15H26N2OS. The SMILES string of the molecule is CCCNCc1ccc(CN2CCSC(C)C2C)o1. The highest BCUT2D eigenvalue weighted by atomic mass is 32.2. The number of furan rings is 1. The maximum Gasteiger partial charge on any atom is 0.118 e. The molecule has 1 saturated heterocycles. The highest BCUT2D eigenvalue weighted by molar-refractivity contribution is 8.00. The van der Waals surface area contributed by atoms with Gasteiger partial charge >= 0.3 is 0 Å². The molecule has 0 spiro atoms. The molecule has 1 fully saturated rings. The van der Waals surface area contributed by atoms with Crippen molar-refractivity contribution >= 4 is 11.8 Å².